The lowest BCUT2D eigenvalue weighted by Gasteiger charge is -2.40. The Labute approximate surface area is 484 Å². The monoisotopic (exact) mass is 1250 g/mol. The second kappa shape index (κ2) is 25.8. The van der Waals surface area contributed by atoms with Crippen molar-refractivity contribution in [2.75, 3.05) is 26.4 Å². The third-order valence-electron chi connectivity index (χ3n) is 14.9. The first-order valence-corrected chi connectivity index (χ1v) is 34.4. The molecule has 3 aromatic carbocycles. The summed E-state index contributed by atoms with van der Waals surface area (Å²) in [7, 11) is -4.18. The Morgan fingerprint density at radius 3 is 1.41 bits per heavy atom. The van der Waals surface area contributed by atoms with E-state index in [4.69, 9.17) is 39.4 Å². The van der Waals surface area contributed by atoms with E-state index in [1.807, 2.05) is 55.0 Å². The second-order valence-corrected chi connectivity index (χ2v) is 37.1. The molecule has 5 rings (SSSR count). The van der Waals surface area contributed by atoms with Crippen molar-refractivity contribution in [2.45, 2.75) is 192 Å². The number of carbonyl (C=O) groups excluding carboxylic acids is 2. The zero-order chi connectivity index (χ0) is 59.4. The fraction of sp³-hybridized carbons (Fsp3) is 0.574. The van der Waals surface area contributed by atoms with E-state index < -0.39 is 39.8 Å². The summed E-state index contributed by atoms with van der Waals surface area (Å²) in [5, 5.41) is 0.871. The van der Waals surface area contributed by atoms with Crippen molar-refractivity contribution in [3.63, 3.8) is 0 Å². The van der Waals surface area contributed by atoms with Crippen LogP contribution in [0.15, 0.2) is 64.4 Å². The highest BCUT2D eigenvalue weighted by Gasteiger charge is 2.41. The molecule has 0 radical (unpaired) electrons. The molecule has 2 atom stereocenters. The second-order valence-electron chi connectivity index (χ2n) is 25.9. The van der Waals surface area contributed by atoms with Gasteiger partial charge in [-0.1, -0.05) is 107 Å². The van der Waals surface area contributed by atoms with Gasteiger partial charge in [-0.2, -0.15) is 0 Å². The van der Waals surface area contributed by atoms with Crippen LogP contribution < -0.4 is 20.3 Å². The summed E-state index contributed by atoms with van der Waals surface area (Å²) in [5.74, 6) is -0.581. The summed E-state index contributed by atoms with van der Waals surface area (Å²) in [6.07, 6.45) is 3.20. The van der Waals surface area contributed by atoms with Gasteiger partial charge < -0.3 is 36.9 Å². The predicted octanol–water partition coefficient (Wildman–Crippen LogP) is 16.1. The van der Waals surface area contributed by atoms with E-state index in [2.05, 4.69) is 132 Å². The zero-order valence-electron chi connectivity index (χ0n) is 50.7. The first-order valence-electron chi connectivity index (χ1n) is 27.2. The molecular weight excluding hydrogens is 1160 g/mol. The van der Waals surface area contributed by atoms with E-state index in [0.29, 0.717) is 52.1 Å². The third kappa shape index (κ3) is 16.1. The molecule has 2 heterocycles. The first kappa shape index (κ1) is 66.4. The number of fused-ring (bicyclic) bond motifs is 2. The highest BCUT2D eigenvalue weighted by molar-refractivity contribution is 14.1. The van der Waals surface area contributed by atoms with E-state index in [-0.39, 0.29) is 86.4 Å². The number of hydrogen-bond acceptors (Lipinski definition) is 10. The summed E-state index contributed by atoms with van der Waals surface area (Å²) in [4.78, 5) is 53.2. The van der Waals surface area contributed by atoms with Gasteiger partial charge in [-0.25, -0.2) is 14.0 Å². The van der Waals surface area contributed by atoms with E-state index in [1.165, 1.54) is 6.07 Å². The minimum Gasteiger partial charge on any atom is -0.491 e. The molecule has 0 aliphatic heterocycles. The molecule has 78 heavy (non-hydrogen) atoms. The van der Waals surface area contributed by atoms with Gasteiger partial charge in [0.25, 0.3) is 0 Å². The number of ether oxygens (including phenoxy) is 4. The number of hydrogen-bond donors (Lipinski definition) is 0. The molecule has 0 aliphatic carbocycles. The SMILES string of the molecule is CCOC(=O)c1cn([C@H](CO[Si](C)(C)C(C)(C)C)C(C)(C)C)c2cc(OC(C)C)c(Cc3cccc(Cl)c3F)cc2c1=O.CCOC(=O)c1cn([C@H](CO[Si](C)(C)C(C)(C)C)C(C)(C)C)c2cc(OC(C)C)c(I)cc2c1=O. The van der Waals surface area contributed by atoms with Gasteiger partial charge >= 0.3 is 11.9 Å². The molecule has 0 saturated heterocycles. The van der Waals surface area contributed by atoms with Crippen LogP contribution in [0.1, 0.15) is 169 Å². The lowest BCUT2D eigenvalue weighted by Crippen LogP contribution is -2.43. The quantitative estimate of drug-likeness (QED) is 0.0474. The smallest absolute Gasteiger partial charge is 0.343 e. The van der Waals surface area contributed by atoms with Gasteiger partial charge in [-0.15, -0.1) is 0 Å². The van der Waals surface area contributed by atoms with Crippen LogP contribution in [0.4, 0.5) is 4.39 Å². The highest BCUT2D eigenvalue weighted by Crippen LogP contribution is 2.43. The maximum absolute atomic E-state index is 15.0. The fourth-order valence-corrected chi connectivity index (χ4v) is 11.0. The topological polar surface area (TPSA) is 134 Å². The van der Waals surface area contributed by atoms with Crippen molar-refractivity contribution in [1.29, 1.82) is 0 Å². The normalized spacial score (nSPS) is 13.6. The molecule has 5 aromatic rings. The maximum Gasteiger partial charge on any atom is 0.343 e. The Morgan fingerprint density at radius 2 is 1.03 bits per heavy atom. The summed E-state index contributed by atoms with van der Waals surface area (Å²) in [6, 6.07) is 11.7. The maximum atomic E-state index is 15.0. The van der Waals surface area contributed by atoms with Crippen molar-refractivity contribution in [2.24, 2.45) is 10.8 Å². The van der Waals surface area contributed by atoms with Crippen LogP contribution in [-0.2, 0) is 24.7 Å². The Bertz CT molecular complexity index is 3070. The highest BCUT2D eigenvalue weighted by atomic mass is 127. The molecule has 17 heteroatoms. The molecule has 0 amide bonds. The lowest BCUT2D eigenvalue weighted by atomic mass is 9.86. The summed E-state index contributed by atoms with van der Waals surface area (Å²) in [6.45, 7) is 47.3. The van der Waals surface area contributed by atoms with Crippen molar-refractivity contribution < 1.29 is 41.8 Å². The van der Waals surface area contributed by atoms with Gasteiger partial charge in [0.05, 0.1) is 70.3 Å². The number of esters is 2. The Kier molecular flexibility index (Phi) is 22.0. The molecule has 0 bridgehead atoms. The zero-order valence-corrected chi connectivity index (χ0v) is 55.6. The number of pyridine rings is 2. The van der Waals surface area contributed by atoms with Crippen molar-refractivity contribution >= 4 is 84.6 Å². The van der Waals surface area contributed by atoms with Crippen molar-refractivity contribution in [3.05, 3.63) is 112 Å². The molecule has 0 saturated carbocycles. The molecule has 0 N–H and O–H groups in total. The van der Waals surface area contributed by atoms with E-state index in [1.54, 1.807) is 44.4 Å². The van der Waals surface area contributed by atoms with Crippen LogP contribution in [-0.4, -0.2) is 76.3 Å². The molecule has 2 aromatic heterocycles. The van der Waals surface area contributed by atoms with Crippen molar-refractivity contribution in [3.8, 4) is 11.5 Å². The minimum absolute atomic E-state index is 0.0000783. The minimum atomic E-state index is -2.14. The summed E-state index contributed by atoms with van der Waals surface area (Å²) < 4.78 is 56.0. The van der Waals surface area contributed by atoms with Crippen LogP contribution in [0.2, 0.25) is 41.3 Å². The van der Waals surface area contributed by atoms with Gasteiger partial charge in [0, 0.05) is 41.7 Å². The van der Waals surface area contributed by atoms with Crippen molar-refractivity contribution in [1.82, 2.24) is 9.13 Å². The average Bonchev–Trinajstić information content (AvgIpc) is 3.28. The van der Waals surface area contributed by atoms with Gasteiger partial charge in [-0.3, -0.25) is 9.59 Å². The summed E-state index contributed by atoms with van der Waals surface area (Å²) in [5.41, 5.74) is 0.946. The van der Waals surface area contributed by atoms with Crippen LogP contribution in [0.5, 0.6) is 11.5 Å². The number of nitrogens with zero attached hydrogens (tertiary/aromatic N) is 2. The molecule has 12 nitrogen and oxygen atoms in total. The standard InChI is InChI=1S/C34H47ClFNO5Si.C27H42INO5Si/c1-12-40-32(39)25-19-37(29(33(4,5)6)20-41-43(10,11)34(7,8)9)27-18-28(42-21(2)3)23(17-24(27)31(25)38)16-22-14-13-15-26(35)30(22)36;1-12-32-25(31)19-15-29(23(26(4,5)6)16-33-35(10,11)27(7,8)9)21-14-22(34-17(2)3)20(28)13-18(21)24(19)30/h13-15,17-19,21,29H,12,16,20H2,1-11H3;13-15,17,23H,12,16H2,1-11H3/t29-;23-/m11/s1. The molecule has 0 unspecified atom stereocenters. The Morgan fingerprint density at radius 1 is 0.628 bits per heavy atom. The Balaban J connectivity index is 0.000000344. The molecule has 0 fully saturated rings. The van der Waals surface area contributed by atoms with E-state index in [0.717, 1.165) is 9.09 Å². The van der Waals surface area contributed by atoms with Crippen LogP contribution in [0.3, 0.4) is 0 Å². The molecule has 0 aliphatic rings. The average molecular weight is 1250 g/mol. The molecular formula is C61H89ClFIN2O10Si2. The number of benzene rings is 3. The molecule has 432 valence electrons. The van der Waals surface area contributed by atoms with Gasteiger partial charge in [0.2, 0.25) is 10.9 Å². The number of rotatable bonds is 18. The third-order valence-corrected chi connectivity index (χ3v) is 25.1. The largest absolute Gasteiger partial charge is 0.491 e. The number of carbonyl (C=O) groups is 2. The van der Waals surface area contributed by atoms with Gasteiger partial charge in [0.1, 0.15) is 28.4 Å². The first-order chi connectivity index (χ1) is 35.7. The van der Waals surface area contributed by atoms with Gasteiger partial charge in [0.15, 0.2) is 16.6 Å². The predicted molar refractivity (Wildman–Crippen MR) is 330 cm³/mol. The van der Waals surface area contributed by atoms with Crippen LogP contribution in [0, 0.1) is 20.2 Å². The van der Waals surface area contributed by atoms with Crippen LogP contribution >= 0.6 is 34.2 Å². The van der Waals surface area contributed by atoms with Crippen LogP contribution in [0.25, 0.3) is 21.8 Å². The molecule has 0 spiro atoms. The number of halogens is 3. The van der Waals surface area contributed by atoms with Gasteiger partial charge in [-0.05, 0) is 141 Å². The van der Waals surface area contributed by atoms with E-state index in [9.17, 15) is 23.6 Å². The summed E-state index contributed by atoms with van der Waals surface area (Å²) >= 11 is 8.25. The number of aromatic nitrogens is 2. The fourth-order valence-electron chi connectivity index (χ4n) is 8.24. The lowest BCUT2D eigenvalue weighted by molar-refractivity contribution is 0.0513. The van der Waals surface area contributed by atoms with E-state index >= 15 is 0 Å². The Hall–Kier alpha value is -4.08.